The van der Waals surface area contributed by atoms with Gasteiger partial charge >= 0.3 is 6.03 Å². The fraction of sp³-hybridized carbons (Fsp3) is 0.381. The largest absolute Gasteiger partial charge is 0.324 e. The number of carbonyl (C=O) groups is 2. The van der Waals surface area contributed by atoms with E-state index in [-0.39, 0.29) is 10.9 Å². The molecule has 2 aromatic rings. The Hall–Kier alpha value is -2.98. The van der Waals surface area contributed by atoms with Crippen LogP contribution in [-0.4, -0.2) is 55.9 Å². The van der Waals surface area contributed by atoms with E-state index in [9.17, 15) is 18.0 Å². The van der Waals surface area contributed by atoms with Gasteiger partial charge in [0.05, 0.1) is 22.8 Å². The van der Waals surface area contributed by atoms with Crippen LogP contribution in [0.3, 0.4) is 0 Å². The second-order valence-corrected chi connectivity index (χ2v) is 9.46. The summed E-state index contributed by atoms with van der Waals surface area (Å²) < 4.78 is 28.1. The predicted molar refractivity (Wildman–Crippen MR) is 116 cm³/mol. The second kappa shape index (κ2) is 8.64. The van der Waals surface area contributed by atoms with Gasteiger partial charge in [-0.05, 0) is 62.1 Å². The van der Waals surface area contributed by atoms with Crippen molar-refractivity contribution in [2.75, 3.05) is 29.9 Å². The number of nitrogens with one attached hydrogen (secondary N) is 2. The van der Waals surface area contributed by atoms with E-state index in [1.54, 1.807) is 35.4 Å². The van der Waals surface area contributed by atoms with Crippen LogP contribution in [0.2, 0.25) is 0 Å². The Bertz CT molecular complexity index is 1080. The lowest BCUT2D eigenvalue weighted by Crippen LogP contribution is -2.41. The van der Waals surface area contributed by atoms with Crippen molar-refractivity contribution >= 4 is 33.3 Å². The molecule has 1 aromatic carbocycles. The van der Waals surface area contributed by atoms with E-state index in [0.717, 1.165) is 37.2 Å². The number of hydrogen-bond donors (Lipinski definition) is 2. The molecule has 2 N–H and O–H groups in total. The molecule has 164 valence electrons. The van der Waals surface area contributed by atoms with Crippen molar-refractivity contribution in [3.63, 3.8) is 0 Å². The fourth-order valence-corrected chi connectivity index (χ4v) is 5.12. The number of nitrogens with zero attached hydrogens (tertiary/aromatic N) is 3. The number of rotatable bonds is 5. The molecule has 31 heavy (non-hydrogen) atoms. The molecular formula is C21H25N5O4S. The summed E-state index contributed by atoms with van der Waals surface area (Å²) in [6, 6.07) is 7.07. The average Bonchev–Trinajstić information content (AvgIpc) is 3.43. The minimum Gasteiger partial charge on any atom is -0.324 e. The third-order valence-electron chi connectivity index (χ3n) is 5.52. The number of hydrogen-bond acceptors (Lipinski definition) is 5. The van der Waals surface area contributed by atoms with Crippen molar-refractivity contribution < 1.29 is 18.0 Å². The van der Waals surface area contributed by atoms with Gasteiger partial charge in [-0.3, -0.25) is 14.7 Å². The van der Waals surface area contributed by atoms with Crippen LogP contribution in [0.25, 0.3) is 0 Å². The van der Waals surface area contributed by atoms with Crippen molar-refractivity contribution in [3.8, 4) is 0 Å². The predicted octanol–water partition coefficient (Wildman–Crippen LogP) is 1.97. The Morgan fingerprint density at radius 2 is 1.90 bits per heavy atom. The summed E-state index contributed by atoms with van der Waals surface area (Å²) in [7, 11) is -3.91. The van der Waals surface area contributed by atoms with Crippen molar-refractivity contribution in [2.24, 2.45) is 0 Å². The third kappa shape index (κ3) is 4.54. The van der Waals surface area contributed by atoms with E-state index < -0.39 is 22.0 Å². The number of aromatic nitrogens is 1. The summed E-state index contributed by atoms with van der Waals surface area (Å²) >= 11 is 0. The molecule has 2 aliphatic heterocycles. The number of anilines is 2. The number of pyridine rings is 1. The van der Waals surface area contributed by atoms with E-state index in [1.807, 2.05) is 4.90 Å². The second-order valence-electron chi connectivity index (χ2n) is 7.74. The molecule has 4 rings (SSSR count). The molecule has 0 radical (unpaired) electrons. The van der Waals surface area contributed by atoms with Crippen LogP contribution < -0.4 is 14.9 Å². The molecule has 3 amide bonds. The van der Waals surface area contributed by atoms with Crippen LogP contribution in [-0.2, 0) is 21.2 Å². The van der Waals surface area contributed by atoms with Crippen molar-refractivity contribution in [2.45, 2.75) is 37.1 Å². The number of amides is 3. The zero-order valence-electron chi connectivity index (χ0n) is 17.2. The Morgan fingerprint density at radius 3 is 2.61 bits per heavy atom. The van der Waals surface area contributed by atoms with Gasteiger partial charge in [-0.25, -0.2) is 13.2 Å². The van der Waals surface area contributed by atoms with Gasteiger partial charge in [-0.2, -0.15) is 4.72 Å². The molecule has 0 unspecified atom stereocenters. The molecular weight excluding hydrogens is 418 g/mol. The number of carbonyl (C=O) groups excluding carboxylic acids is 2. The van der Waals surface area contributed by atoms with E-state index >= 15 is 0 Å². The molecule has 1 atom stereocenters. The highest BCUT2D eigenvalue weighted by Gasteiger charge is 2.31. The highest BCUT2D eigenvalue weighted by Crippen LogP contribution is 2.31. The third-order valence-corrected chi connectivity index (χ3v) is 7.06. The van der Waals surface area contributed by atoms with Crippen molar-refractivity contribution in [1.29, 1.82) is 0 Å². The van der Waals surface area contributed by atoms with E-state index in [2.05, 4.69) is 15.0 Å². The van der Waals surface area contributed by atoms with Gasteiger partial charge in [0.2, 0.25) is 15.9 Å². The number of fused-ring (bicyclic) bond motifs is 1. The Morgan fingerprint density at radius 1 is 1.13 bits per heavy atom. The zero-order chi connectivity index (χ0) is 22.0. The molecule has 0 spiro atoms. The summed E-state index contributed by atoms with van der Waals surface area (Å²) in [5, 5.41) is 2.63. The van der Waals surface area contributed by atoms with Gasteiger partial charge in [-0.1, -0.05) is 0 Å². The number of urea groups is 1. The molecule has 2 aliphatic rings. The maximum absolute atomic E-state index is 12.8. The molecule has 10 heteroatoms. The summed E-state index contributed by atoms with van der Waals surface area (Å²) in [5.41, 5.74) is 2.04. The quantitative estimate of drug-likeness (QED) is 0.734. The maximum Gasteiger partial charge on any atom is 0.324 e. The fourth-order valence-electron chi connectivity index (χ4n) is 3.86. The van der Waals surface area contributed by atoms with Crippen LogP contribution in [0, 0.1) is 0 Å². The minimum absolute atomic E-state index is 0.0225. The molecule has 0 bridgehead atoms. The molecule has 1 fully saturated rings. The first-order valence-corrected chi connectivity index (χ1v) is 11.8. The normalized spacial score (nSPS) is 16.8. The first-order valence-electron chi connectivity index (χ1n) is 10.3. The van der Waals surface area contributed by atoms with Crippen LogP contribution in [0.5, 0.6) is 0 Å². The Labute approximate surface area is 181 Å². The lowest BCUT2D eigenvalue weighted by atomic mass is 10.2. The number of benzene rings is 1. The highest BCUT2D eigenvalue weighted by atomic mass is 32.2. The summed E-state index contributed by atoms with van der Waals surface area (Å²) in [4.78, 5) is 32.6. The minimum atomic E-state index is -3.91. The topological polar surface area (TPSA) is 112 Å². The first-order chi connectivity index (χ1) is 14.8. The Kier molecular flexibility index (Phi) is 5.92. The van der Waals surface area contributed by atoms with Gasteiger partial charge in [0.1, 0.15) is 0 Å². The summed E-state index contributed by atoms with van der Waals surface area (Å²) in [6.45, 7) is 3.54. The van der Waals surface area contributed by atoms with Crippen molar-refractivity contribution in [3.05, 3.63) is 48.3 Å². The monoisotopic (exact) mass is 443 g/mol. The molecule has 3 heterocycles. The summed E-state index contributed by atoms with van der Waals surface area (Å²) in [6.07, 6.45) is 5.68. The van der Waals surface area contributed by atoms with Crippen LogP contribution in [0.15, 0.2) is 47.6 Å². The smallest absolute Gasteiger partial charge is 0.324 e. The number of sulfonamides is 1. The van der Waals surface area contributed by atoms with Gasteiger partial charge < -0.3 is 10.2 Å². The first kappa shape index (κ1) is 21.3. The lowest BCUT2D eigenvalue weighted by Gasteiger charge is -2.24. The zero-order valence-corrected chi connectivity index (χ0v) is 18.1. The molecule has 0 aliphatic carbocycles. The van der Waals surface area contributed by atoms with Crippen molar-refractivity contribution in [1.82, 2.24) is 14.6 Å². The van der Waals surface area contributed by atoms with Crippen LogP contribution in [0.4, 0.5) is 16.2 Å². The van der Waals surface area contributed by atoms with E-state index in [0.29, 0.717) is 18.7 Å². The summed E-state index contributed by atoms with van der Waals surface area (Å²) in [5.74, 6) is -0.486. The molecule has 1 aromatic heterocycles. The van der Waals surface area contributed by atoms with Crippen LogP contribution in [0.1, 0.15) is 25.3 Å². The Balaban J connectivity index is 1.45. The molecule has 9 nitrogen and oxygen atoms in total. The van der Waals surface area contributed by atoms with E-state index in [1.165, 1.54) is 19.2 Å². The van der Waals surface area contributed by atoms with Gasteiger partial charge in [0.25, 0.3) is 0 Å². The lowest BCUT2D eigenvalue weighted by molar-refractivity contribution is -0.117. The SMILES string of the molecule is C[C@@H](NS(=O)(=O)c1ccc2c(c1)CCN2C(=O)N1CCCC1)C(=O)Nc1cccnc1. The molecule has 0 saturated carbocycles. The average molecular weight is 444 g/mol. The van der Waals surface area contributed by atoms with Gasteiger partial charge in [0, 0.05) is 31.5 Å². The maximum atomic E-state index is 12.8. The van der Waals surface area contributed by atoms with E-state index in [4.69, 9.17) is 0 Å². The molecule has 1 saturated heterocycles. The number of likely N-dealkylation sites (tertiary alicyclic amines) is 1. The highest BCUT2D eigenvalue weighted by molar-refractivity contribution is 7.89. The van der Waals surface area contributed by atoms with Gasteiger partial charge in [0.15, 0.2) is 0 Å². The standard InChI is InChI=1S/C21H25N5O4S/c1-15(20(27)23-17-5-4-9-22-14-17)24-31(29,30)18-6-7-19-16(13-18)8-12-26(19)21(28)25-10-2-3-11-25/h4-7,9,13-15,24H,2-3,8,10-12H2,1H3,(H,23,27)/t15-/m1/s1. The van der Waals surface area contributed by atoms with Crippen LogP contribution >= 0.6 is 0 Å². The van der Waals surface area contributed by atoms with Gasteiger partial charge in [-0.15, -0.1) is 0 Å².